The van der Waals surface area contributed by atoms with E-state index in [1.54, 1.807) is 6.20 Å². The van der Waals surface area contributed by atoms with Crippen LogP contribution in [-0.2, 0) is 6.42 Å². The molecule has 0 saturated heterocycles. The van der Waals surface area contributed by atoms with Gasteiger partial charge in [0.15, 0.2) is 0 Å². The van der Waals surface area contributed by atoms with Crippen molar-refractivity contribution >= 4 is 22.5 Å². The molecule has 0 bridgehead atoms. The highest BCUT2D eigenvalue weighted by Gasteiger charge is 2.24. The monoisotopic (exact) mass is 288 g/mol. The van der Waals surface area contributed by atoms with Crippen molar-refractivity contribution in [2.24, 2.45) is 0 Å². The highest BCUT2D eigenvalue weighted by molar-refractivity contribution is 6.13. The van der Waals surface area contributed by atoms with Crippen LogP contribution in [0, 0.1) is 0 Å². The summed E-state index contributed by atoms with van der Waals surface area (Å²) in [5, 5.41) is 0.915. The quantitative estimate of drug-likeness (QED) is 0.682. The highest BCUT2D eigenvalue weighted by atomic mass is 16.2. The van der Waals surface area contributed by atoms with Gasteiger partial charge in [0.05, 0.1) is 11.1 Å². The third-order valence-corrected chi connectivity index (χ3v) is 4.23. The van der Waals surface area contributed by atoms with Gasteiger partial charge >= 0.3 is 0 Å². The van der Waals surface area contributed by atoms with E-state index in [2.05, 4.69) is 11.1 Å². The molecule has 1 aliphatic rings. The van der Waals surface area contributed by atoms with Crippen molar-refractivity contribution in [3.8, 4) is 0 Å². The van der Waals surface area contributed by atoms with Crippen LogP contribution in [-0.4, -0.2) is 17.4 Å². The Balaban J connectivity index is 1.82. The molecule has 22 heavy (non-hydrogen) atoms. The number of hydrogen-bond acceptors (Lipinski definition) is 2. The zero-order valence-electron chi connectivity index (χ0n) is 12.2. The number of rotatable bonds is 1. The average molecular weight is 288 g/mol. The van der Waals surface area contributed by atoms with Gasteiger partial charge in [0.2, 0.25) is 0 Å². The van der Waals surface area contributed by atoms with Crippen LogP contribution in [0.3, 0.4) is 0 Å². The van der Waals surface area contributed by atoms with Gasteiger partial charge in [0.25, 0.3) is 5.91 Å². The number of anilines is 1. The second-order valence-corrected chi connectivity index (χ2v) is 5.56. The maximum absolute atomic E-state index is 13.1. The summed E-state index contributed by atoms with van der Waals surface area (Å²) in [6, 6.07) is 17.8. The molecule has 1 amide bonds. The molecule has 1 aliphatic heterocycles. The smallest absolute Gasteiger partial charge is 0.259 e. The molecule has 3 heteroatoms. The summed E-state index contributed by atoms with van der Waals surface area (Å²) < 4.78 is 0. The Kier molecular flexibility index (Phi) is 3.11. The van der Waals surface area contributed by atoms with Gasteiger partial charge in [-0.2, -0.15) is 0 Å². The topological polar surface area (TPSA) is 33.2 Å². The number of para-hydroxylation sites is 2. The zero-order chi connectivity index (χ0) is 14.9. The Labute approximate surface area is 129 Å². The van der Waals surface area contributed by atoms with Gasteiger partial charge < -0.3 is 4.90 Å². The fraction of sp³-hybridized carbons (Fsp3) is 0.158. The molecule has 1 aromatic heterocycles. The molecular formula is C19H16N2O. The average Bonchev–Trinajstić information content (AvgIpc) is 2.60. The van der Waals surface area contributed by atoms with Gasteiger partial charge in [0, 0.05) is 23.8 Å². The van der Waals surface area contributed by atoms with E-state index >= 15 is 0 Å². The van der Waals surface area contributed by atoms with E-state index < -0.39 is 0 Å². The van der Waals surface area contributed by atoms with E-state index in [9.17, 15) is 4.79 Å². The normalized spacial score (nSPS) is 13.9. The molecule has 3 nitrogen and oxygen atoms in total. The SMILES string of the molecule is O=C(c1ccnc2ccccc12)N1CCCc2ccccc21. The fourth-order valence-corrected chi connectivity index (χ4v) is 3.17. The van der Waals surface area contributed by atoms with Crippen LogP contribution in [0.4, 0.5) is 5.69 Å². The minimum absolute atomic E-state index is 0.0609. The van der Waals surface area contributed by atoms with Gasteiger partial charge in [-0.15, -0.1) is 0 Å². The number of carbonyl (C=O) groups excluding carboxylic acids is 1. The van der Waals surface area contributed by atoms with Crippen molar-refractivity contribution in [1.82, 2.24) is 4.98 Å². The number of nitrogens with zero attached hydrogens (tertiary/aromatic N) is 2. The van der Waals surface area contributed by atoms with Crippen molar-refractivity contribution < 1.29 is 4.79 Å². The van der Waals surface area contributed by atoms with Crippen LogP contribution in [0.25, 0.3) is 10.9 Å². The molecule has 2 aromatic carbocycles. The molecule has 0 unspecified atom stereocenters. The van der Waals surface area contributed by atoms with Crippen molar-refractivity contribution in [3.05, 3.63) is 71.9 Å². The first-order valence-corrected chi connectivity index (χ1v) is 7.58. The Morgan fingerprint density at radius 2 is 1.82 bits per heavy atom. The molecule has 108 valence electrons. The first-order valence-electron chi connectivity index (χ1n) is 7.58. The van der Waals surface area contributed by atoms with Crippen LogP contribution in [0.15, 0.2) is 60.8 Å². The molecule has 0 spiro atoms. The second kappa shape index (κ2) is 5.26. The summed E-state index contributed by atoms with van der Waals surface area (Å²) >= 11 is 0. The number of pyridine rings is 1. The zero-order valence-corrected chi connectivity index (χ0v) is 12.2. The fourth-order valence-electron chi connectivity index (χ4n) is 3.17. The van der Waals surface area contributed by atoms with Gasteiger partial charge in [-0.25, -0.2) is 0 Å². The first-order chi connectivity index (χ1) is 10.8. The lowest BCUT2D eigenvalue weighted by atomic mass is 10.00. The van der Waals surface area contributed by atoms with E-state index in [1.807, 2.05) is 53.4 Å². The number of benzene rings is 2. The van der Waals surface area contributed by atoms with Gasteiger partial charge in [0.1, 0.15) is 0 Å². The summed E-state index contributed by atoms with van der Waals surface area (Å²) in [6.45, 7) is 0.770. The number of carbonyl (C=O) groups is 1. The molecule has 0 aliphatic carbocycles. The van der Waals surface area contributed by atoms with Gasteiger partial charge in [-0.3, -0.25) is 9.78 Å². The maximum Gasteiger partial charge on any atom is 0.259 e. The highest BCUT2D eigenvalue weighted by Crippen LogP contribution is 2.29. The standard InChI is InChI=1S/C19H16N2O/c22-19(16-11-12-20-17-9-3-2-8-15(16)17)21-13-5-7-14-6-1-4-10-18(14)21/h1-4,6,8-12H,5,7,13H2. The van der Waals surface area contributed by atoms with E-state index in [1.165, 1.54) is 5.56 Å². The summed E-state index contributed by atoms with van der Waals surface area (Å²) in [4.78, 5) is 19.3. The van der Waals surface area contributed by atoms with E-state index in [0.717, 1.165) is 41.5 Å². The Bertz CT molecular complexity index is 851. The number of aromatic nitrogens is 1. The second-order valence-electron chi connectivity index (χ2n) is 5.56. The number of hydrogen-bond donors (Lipinski definition) is 0. The summed E-state index contributed by atoms with van der Waals surface area (Å²) in [5.41, 5.74) is 3.88. The molecule has 2 heterocycles. The number of fused-ring (bicyclic) bond motifs is 2. The Morgan fingerprint density at radius 3 is 2.77 bits per heavy atom. The van der Waals surface area contributed by atoms with Crippen LogP contribution in [0.5, 0.6) is 0 Å². The van der Waals surface area contributed by atoms with E-state index in [4.69, 9.17) is 0 Å². The maximum atomic E-state index is 13.1. The molecule has 3 aromatic rings. The summed E-state index contributed by atoms with van der Waals surface area (Å²) in [7, 11) is 0. The van der Waals surface area contributed by atoms with Crippen LogP contribution in [0.2, 0.25) is 0 Å². The molecular weight excluding hydrogens is 272 g/mol. The van der Waals surface area contributed by atoms with Gasteiger partial charge in [-0.05, 0) is 36.6 Å². The largest absolute Gasteiger partial charge is 0.308 e. The molecule has 0 atom stereocenters. The predicted molar refractivity (Wildman–Crippen MR) is 88.2 cm³/mol. The molecule has 0 fully saturated rings. The predicted octanol–water partition coefficient (Wildman–Crippen LogP) is 3.83. The van der Waals surface area contributed by atoms with Crippen molar-refractivity contribution in [2.45, 2.75) is 12.8 Å². The summed E-state index contributed by atoms with van der Waals surface area (Å²) in [6.07, 6.45) is 3.76. The van der Waals surface area contributed by atoms with Crippen molar-refractivity contribution in [2.75, 3.05) is 11.4 Å². The molecule has 0 saturated carbocycles. The minimum Gasteiger partial charge on any atom is -0.308 e. The third kappa shape index (κ3) is 2.06. The van der Waals surface area contributed by atoms with Crippen molar-refractivity contribution in [3.63, 3.8) is 0 Å². The molecule has 4 rings (SSSR count). The molecule has 0 radical (unpaired) electrons. The lowest BCUT2D eigenvalue weighted by Crippen LogP contribution is -2.35. The lowest BCUT2D eigenvalue weighted by Gasteiger charge is -2.29. The van der Waals surface area contributed by atoms with E-state index in [-0.39, 0.29) is 5.91 Å². The molecule has 0 N–H and O–H groups in total. The van der Waals surface area contributed by atoms with Crippen molar-refractivity contribution in [1.29, 1.82) is 0 Å². The van der Waals surface area contributed by atoms with Crippen LogP contribution >= 0.6 is 0 Å². The summed E-state index contributed by atoms with van der Waals surface area (Å²) in [5.74, 6) is 0.0609. The first kappa shape index (κ1) is 13.0. The van der Waals surface area contributed by atoms with Crippen LogP contribution in [0.1, 0.15) is 22.3 Å². The van der Waals surface area contributed by atoms with E-state index in [0.29, 0.717) is 0 Å². The lowest BCUT2D eigenvalue weighted by molar-refractivity contribution is 0.0986. The van der Waals surface area contributed by atoms with Gasteiger partial charge in [-0.1, -0.05) is 36.4 Å². The number of aryl methyl sites for hydroxylation is 1. The number of amides is 1. The Hall–Kier alpha value is -2.68. The van der Waals surface area contributed by atoms with Crippen LogP contribution < -0.4 is 4.90 Å². The Morgan fingerprint density at radius 1 is 1.00 bits per heavy atom. The minimum atomic E-state index is 0.0609. The third-order valence-electron chi connectivity index (χ3n) is 4.23.